The first kappa shape index (κ1) is 11.7. The summed E-state index contributed by atoms with van der Waals surface area (Å²) in [6.07, 6.45) is 1.45. The molecule has 0 atom stereocenters. The highest BCUT2D eigenvalue weighted by molar-refractivity contribution is 5.70. The van der Waals surface area contributed by atoms with Crippen LogP contribution in [0.5, 0.6) is 11.5 Å². The van der Waals surface area contributed by atoms with Gasteiger partial charge in [-0.25, -0.2) is 0 Å². The quantitative estimate of drug-likeness (QED) is 0.845. The van der Waals surface area contributed by atoms with Crippen molar-refractivity contribution in [2.75, 3.05) is 7.11 Å². The largest absolute Gasteiger partial charge is 0.505 e. The van der Waals surface area contributed by atoms with Crippen LogP contribution in [0.15, 0.2) is 12.1 Å². The minimum atomic E-state index is -0.898. The molecular weight excluding hydrogens is 227 g/mol. The molecule has 1 aliphatic rings. The smallest absolute Gasteiger partial charge is 0.304 e. The number of methoxy groups -OCH3 is 1. The molecule has 1 saturated carbocycles. The third-order valence-electron chi connectivity index (χ3n) is 3.20. The van der Waals surface area contributed by atoms with E-state index in [9.17, 15) is 14.3 Å². The number of benzene rings is 1. The SMILES string of the molecule is COc1cc(C2(CC(=O)O)CC2)cc(O)c1F. The summed E-state index contributed by atoms with van der Waals surface area (Å²) in [5.74, 6) is -2.28. The van der Waals surface area contributed by atoms with Crippen LogP contribution in [0.4, 0.5) is 4.39 Å². The van der Waals surface area contributed by atoms with Gasteiger partial charge in [-0.1, -0.05) is 0 Å². The Bertz CT molecular complexity index is 466. The van der Waals surface area contributed by atoms with Gasteiger partial charge in [-0.2, -0.15) is 4.39 Å². The molecule has 0 radical (unpaired) electrons. The molecule has 0 spiro atoms. The zero-order valence-electron chi connectivity index (χ0n) is 9.36. The van der Waals surface area contributed by atoms with Gasteiger partial charge >= 0.3 is 5.97 Å². The highest BCUT2D eigenvalue weighted by atomic mass is 19.1. The highest BCUT2D eigenvalue weighted by Gasteiger charge is 2.46. The van der Waals surface area contributed by atoms with Gasteiger partial charge in [0.1, 0.15) is 0 Å². The Balaban J connectivity index is 2.40. The van der Waals surface area contributed by atoms with Crippen molar-refractivity contribution in [1.82, 2.24) is 0 Å². The second kappa shape index (κ2) is 3.91. The number of carboxylic acids is 1. The van der Waals surface area contributed by atoms with E-state index in [1.807, 2.05) is 0 Å². The number of carboxylic acid groups (broad SMARTS) is 1. The minimum absolute atomic E-state index is 0.0127. The van der Waals surface area contributed by atoms with Crippen molar-refractivity contribution in [1.29, 1.82) is 0 Å². The molecule has 92 valence electrons. The van der Waals surface area contributed by atoms with Crippen molar-refractivity contribution in [3.63, 3.8) is 0 Å². The van der Waals surface area contributed by atoms with Crippen LogP contribution >= 0.6 is 0 Å². The van der Waals surface area contributed by atoms with Crippen LogP contribution in [0.2, 0.25) is 0 Å². The van der Waals surface area contributed by atoms with Crippen LogP contribution in [0, 0.1) is 5.82 Å². The van der Waals surface area contributed by atoms with Crippen molar-refractivity contribution in [3.05, 3.63) is 23.5 Å². The number of phenolic OH excluding ortho intramolecular Hbond substituents is 1. The van der Waals surface area contributed by atoms with Crippen molar-refractivity contribution < 1.29 is 24.1 Å². The van der Waals surface area contributed by atoms with Gasteiger partial charge in [0.25, 0.3) is 0 Å². The van der Waals surface area contributed by atoms with Gasteiger partial charge in [0.2, 0.25) is 5.82 Å². The normalized spacial score (nSPS) is 16.6. The number of phenols is 1. The fourth-order valence-corrected chi connectivity index (χ4v) is 2.05. The monoisotopic (exact) mass is 240 g/mol. The number of carbonyl (C=O) groups is 1. The first-order valence-electron chi connectivity index (χ1n) is 5.27. The summed E-state index contributed by atoms with van der Waals surface area (Å²) >= 11 is 0. The molecule has 0 bridgehead atoms. The number of aliphatic carboxylic acids is 1. The topological polar surface area (TPSA) is 66.8 Å². The van der Waals surface area contributed by atoms with Crippen LogP contribution in [-0.4, -0.2) is 23.3 Å². The molecule has 2 N–H and O–H groups in total. The molecule has 4 nitrogen and oxygen atoms in total. The van der Waals surface area contributed by atoms with Crippen LogP contribution < -0.4 is 4.74 Å². The minimum Gasteiger partial charge on any atom is -0.505 e. The average Bonchev–Trinajstić information content (AvgIpc) is 3.01. The lowest BCUT2D eigenvalue weighted by Crippen LogP contribution is -2.13. The molecule has 17 heavy (non-hydrogen) atoms. The molecule has 1 fully saturated rings. The zero-order valence-corrected chi connectivity index (χ0v) is 9.36. The molecule has 0 aliphatic heterocycles. The van der Waals surface area contributed by atoms with E-state index in [2.05, 4.69) is 0 Å². The van der Waals surface area contributed by atoms with Crippen LogP contribution in [-0.2, 0) is 10.2 Å². The second-order valence-electron chi connectivity index (χ2n) is 4.36. The molecule has 1 aromatic carbocycles. The summed E-state index contributed by atoms with van der Waals surface area (Å²) in [7, 11) is 1.30. The first-order chi connectivity index (χ1) is 7.98. The lowest BCUT2D eigenvalue weighted by Gasteiger charge is -2.15. The van der Waals surface area contributed by atoms with Crippen LogP contribution in [0.1, 0.15) is 24.8 Å². The van der Waals surface area contributed by atoms with E-state index in [0.717, 1.165) is 12.8 Å². The van der Waals surface area contributed by atoms with Gasteiger partial charge in [-0.3, -0.25) is 4.79 Å². The summed E-state index contributed by atoms with van der Waals surface area (Å²) in [5, 5.41) is 18.3. The van der Waals surface area contributed by atoms with Gasteiger partial charge < -0.3 is 14.9 Å². The standard InChI is InChI=1S/C12H13FO4/c1-17-9-5-7(4-8(14)11(9)13)12(2-3-12)6-10(15)16/h4-5,14H,2-3,6H2,1H3,(H,15,16). The lowest BCUT2D eigenvalue weighted by molar-refractivity contribution is -0.137. The van der Waals surface area contributed by atoms with Gasteiger partial charge in [-0.05, 0) is 30.5 Å². The number of ether oxygens (including phenoxy) is 1. The highest BCUT2D eigenvalue weighted by Crippen LogP contribution is 2.52. The molecule has 5 heteroatoms. The molecule has 0 heterocycles. The Labute approximate surface area is 97.6 Å². The molecule has 1 aromatic rings. The molecule has 1 aliphatic carbocycles. The van der Waals surface area contributed by atoms with Gasteiger partial charge in [0.05, 0.1) is 13.5 Å². The molecule has 0 amide bonds. The molecule has 0 saturated heterocycles. The zero-order chi connectivity index (χ0) is 12.6. The number of hydrogen-bond donors (Lipinski definition) is 2. The fourth-order valence-electron chi connectivity index (χ4n) is 2.05. The first-order valence-corrected chi connectivity index (χ1v) is 5.27. The van der Waals surface area contributed by atoms with Crippen LogP contribution in [0.3, 0.4) is 0 Å². The number of hydrogen-bond acceptors (Lipinski definition) is 3. The predicted octanol–water partition coefficient (Wildman–Crippen LogP) is 2.05. The van der Waals surface area contributed by atoms with E-state index in [4.69, 9.17) is 9.84 Å². The Hall–Kier alpha value is -1.78. The second-order valence-corrected chi connectivity index (χ2v) is 4.36. The van der Waals surface area contributed by atoms with Gasteiger partial charge in [-0.15, -0.1) is 0 Å². The van der Waals surface area contributed by atoms with Gasteiger partial charge in [0, 0.05) is 5.41 Å². The van der Waals surface area contributed by atoms with E-state index in [0.29, 0.717) is 5.56 Å². The predicted molar refractivity (Wildman–Crippen MR) is 57.8 cm³/mol. The molecule has 0 unspecified atom stereocenters. The van der Waals surface area contributed by atoms with Crippen molar-refractivity contribution in [2.24, 2.45) is 0 Å². The third kappa shape index (κ3) is 2.05. The van der Waals surface area contributed by atoms with Gasteiger partial charge in [0.15, 0.2) is 11.5 Å². The van der Waals surface area contributed by atoms with Crippen molar-refractivity contribution >= 4 is 5.97 Å². The summed E-state index contributed by atoms with van der Waals surface area (Å²) in [5.41, 5.74) is 0.153. The number of halogens is 1. The fraction of sp³-hybridized carbons (Fsp3) is 0.417. The maximum atomic E-state index is 13.4. The van der Waals surface area contributed by atoms with E-state index >= 15 is 0 Å². The molecule has 2 rings (SSSR count). The maximum absolute atomic E-state index is 13.4. The summed E-state index contributed by atoms with van der Waals surface area (Å²) in [6, 6.07) is 2.75. The lowest BCUT2D eigenvalue weighted by atomic mass is 9.92. The van der Waals surface area contributed by atoms with Crippen molar-refractivity contribution in [3.8, 4) is 11.5 Å². The molecule has 0 aromatic heterocycles. The van der Waals surface area contributed by atoms with Crippen LogP contribution in [0.25, 0.3) is 0 Å². The van der Waals surface area contributed by atoms with E-state index in [1.165, 1.54) is 19.2 Å². The van der Waals surface area contributed by atoms with E-state index in [1.54, 1.807) is 0 Å². The average molecular weight is 240 g/mol. The Morgan fingerprint density at radius 2 is 2.18 bits per heavy atom. The van der Waals surface area contributed by atoms with E-state index < -0.39 is 23.0 Å². The Kier molecular flexibility index (Phi) is 2.69. The molecular formula is C12H13FO4. The summed E-state index contributed by atoms with van der Waals surface area (Å²) < 4.78 is 18.2. The summed E-state index contributed by atoms with van der Waals surface area (Å²) in [4.78, 5) is 10.8. The van der Waals surface area contributed by atoms with E-state index in [-0.39, 0.29) is 12.2 Å². The Morgan fingerprint density at radius 3 is 2.65 bits per heavy atom. The Morgan fingerprint density at radius 1 is 1.53 bits per heavy atom. The van der Waals surface area contributed by atoms with Crippen molar-refractivity contribution in [2.45, 2.75) is 24.7 Å². The number of aromatic hydroxyl groups is 1. The summed E-state index contributed by atoms with van der Waals surface area (Å²) in [6.45, 7) is 0. The third-order valence-corrected chi connectivity index (χ3v) is 3.20. The number of rotatable bonds is 4. The maximum Gasteiger partial charge on any atom is 0.304 e.